The van der Waals surface area contributed by atoms with E-state index in [2.05, 4.69) is 10.3 Å². The van der Waals surface area contributed by atoms with Gasteiger partial charge in [-0.1, -0.05) is 12.1 Å². The standard InChI is InChI=1S/C19H20N2O4/c1-24-15-9-6-13(7-10-15)4-2-3-5-18(22)20-14-8-11-16-17(12-14)25-19(23)21-16/h6-12H,2-5H2,1H3,(H,20,22)(H,21,23). The van der Waals surface area contributed by atoms with Crippen LogP contribution in [0.25, 0.3) is 11.1 Å². The fraction of sp³-hybridized carbons (Fsp3) is 0.263. The molecule has 1 amide bonds. The maximum absolute atomic E-state index is 12.0. The summed E-state index contributed by atoms with van der Waals surface area (Å²) in [5.41, 5.74) is 2.90. The van der Waals surface area contributed by atoms with E-state index in [0.717, 1.165) is 25.0 Å². The van der Waals surface area contributed by atoms with Crippen LogP contribution in [0.3, 0.4) is 0 Å². The largest absolute Gasteiger partial charge is 0.497 e. The van der Waals surface area contributed by atoms with Crippen molar-refractivity contribution < 1.29 is 13.9 Å². The number of fused-ring (bicyclic) bond motifs is 1. The van der Waals surface area contributed by atoms with Gasteiger partial charge in [0.1, 0.15) is 5.75 Å². The third-order valence-electron chi connectivity index (χ3n) is 3.98. The van der Waals surface area contributed by atoms with Crippen LogP contribution in [-0.4, -0.2) is 18.0 Å². The molecule has 25 heavy (non-hydrogen) atoms. The molecule has 0 unspecified atom stereocenters. The van der Waals surface area contributed by atoms with Gasteiger partial charge in [0, 0.05) is 18.2 Å². The average molecular weight is 340 g/mol. The van der Waals surface area contributed by atoms with Crippen LogP contribution in [0, 0.1) is 0 Å². The first-order valence-corrected chi connectivity index (χ1v) is 8.20. The monoisotopic (exact) mass is 340 g/mol. The summed E-state index contributed by atoms with van der Waals surface area (Å²) in [5, 5.41) is 2.83. The first kappa shape index (κ1) is 16.8. The molecule has 0 saturated heterocycles. The maximum atomic E-state index is 12.0. The van der Waals surface area contributed by atoms with E-state index in [1.165, 1.54) is 5.56 Å². The lowest BCUT2D eigenvalue weighted by atomic mass is 10.1. The summed E-state index contributed by atoms with van der Waals surface area (Å²) in [7, 11) is 1.65. The molecule has 1 aromatic heterocycles. The highest BCUT2D eigenvalue weighted by Gasteiger charge is 2.06. The summed E-state index contributed by atoms with van der Waals surface area (Å²) < 4.78 is 10.1. The zero-order valence-electron chi connectivity index (χ0n) is 14.0. The van der Waals surface area contributed by atoms with Gasteiger partial charge in [0.2, 0.25) is 5.91 Å². The van der Waals surface area contributed by atoms with Crippen LogP contribution in [0.1, 0.15) is 24.8 Å². The second-order valence-electron chi connectivity index (χ2n) is 5.83. The van der Waals surface area contributed by atoms with E-state index in [1.54, 1.807) is 25.3 Å². The quantitative estimate of drug-likeness (QED) is 0.645. The van der Waals surface area contributed by atoms with Crippen LogP contribution in [0.5, 0.6) is 5.75 Å². The minimum Gasteiger partial charge on any atom is -0.497 e. The molecular weight excluding hydrogens is 320 g/mol. The number of rotatable bonds is 7. The minimum absolute atomic E-state index is 0.0491. The van der Waals surface area contributed by atoms with Crippen molar-refractivity contribution in [2.24, 2.45) is 0 Å². The molecule has 2 N–H and O–H groups in total. The van der Waals surface area contributed by atoms with E-state index in [4.69, 9.17) is 9.15 Å². The van der Waals surface area contributed by atoms with Gasteiger partial charge in [-0.2, -0.15) is 0 Å². The van der Waals surface area contributed by atoms with Crippen molar-refractivity contribution >= 4 is 22.7 Å². The number of nitrogens with one attached hydrogen (secondary N) is 2. The predicted octanol–water partition coefficient (Wildman–Crippen LogP) is 3.48. The van der Waals surface area contributed by atoms with Gasteiger partial charge in [-0.3, -0.25) is 9.78 Å². The third-order valence-corrected chi connectivity index (χ3v) is 3.98. The number of oxazole rings is 1. The summed E-state index contributed by atoms with van der Waals surface area (Å²) in [6.45, 7) is 0. The lowest BCUT2D eigenvalue weighted by Gasteiger charge is -2.06. The number of hydrogen-bond acceptors (Lipinski definition) is 4. The van der Waals surface area contributed by atoms with Gasteiger partial charge in [0.25, 0.3) is 0 Å². The second-order valence-corrected chi connectivity index (χ2v) is 5.83. The molecule has 0 fully saturated rings. The number of H-pyrrole nitrogens is 1. The lowest BCUT2D eigenvalue weighted by Crippen LogP contribution is -2.11. The number of aromatic nitrogens is 1. The number of unbranched alkanes of at least 4 members (excludes halogenated alkanes) is 1. The Morgan fingerprint density at radius 3 is 2.72 bits per heavy atom. The zero-order valence-corrected chi connectivity index (χ0v) is 14.0. The minimum atomic E-state index is -0.503. The molecule has 1 heterocycles. The number of anilines is 1. The molecule has 0 aliphatic carbocycles. The summed E-state index contributed by atoms with van der Waals surface area (Å²) >= 11 is 0. The molecule has 6 heteroatoms. The number of aryl methyl sites for hydroxylation is 1. The molecule has 0 bridgehead atoms. The van der Waals surface area contributed by atoms with Gasteiger partial charge >= 0.3 is 5.76 Å². The van der Waals surface area contributed by atoms with Crippen molar-refractivity contribution in [2.75, 3.05) is 12.4 Å². The fourth-order valence-corrected chi connectivity index (χ4v) is 2.65. The van der Waals surface area contributed by atoms with E-state index in [0.29, 0.717) is 23.2 Å². The Morgan fingerprint density at radius 2 is 1.96 bits per heavy atom. The summed E-state index contributed by atoms with van der Waals surface area (Å²) in [5.74, 6) is 0.294. The van der Waals surface area contributed by atoms with E-state index >= 15 is 0 Å². The van der Waals surface area contributed by atoms with Crippen LogP contribution in [0.2, 0.25) is 0 Å². The average Bonchev–Trinajstić information content (AvgIpc) is 2.98. The van der Waals surface area contributed by atoms with Crippen LogP contribution in [0.4, 0.5) is 5.69 Å². The summed E-state index contributed by atoms with van der Waals surface area (Å²) in [6.07, 6.45) is 3.12. The van der Waals surface area contributed by atoms with Crippen LogP contribution in [-0.2, 0) is 11.2 Å². The Hall–Kier alpha value is -3.02. The maximum Gasteiger partial charge on any atom is 0.417 e. The number of carbonyl (C=O) groups is 1. The van der Waals surface area contributed by atoms with Gasteiger partial charge in [0.15, 0.2) is 5.58 Å². The van der Waals surface area contributed by atoms with E-state index in [-0.39, 0.29) is 5.91 Å². The number of carbonyl (C=O) groups excluding carboxylic acids is 1. The van der Waals surface area contributed by atoms with Gasteiger partial charge in [-0.05, 0) is 49.1 Å². The molecule has 3 rings (SSSR count). The fourth-order valence-electron chi connectivity index (χ4n) is 2.65. The van der Waals surface area contributed by atoms with Crippen molar-refractivity contribution in [1.29, 1.82) is 0 Å². The number of hydrogen-bond donors (Lipinski definition) is 2. The van der Waals surface area contributed by atoms with Crippen LogP contribution >= 0.6 is 0 Å². The number of benzene rings is 2. The first-order valence-electron chi connectivity index (χ1n) is 8.20. The highest BCUT2D eigenvalue weighted by molar-refractivity contribution is 5.92. The van der Waals surface area contributed by atoms with Crippen LogP contribution < -0.4 is 15.8 Å². The van der Waals surface area contributed by atoms with Crippen molar-refractivity contribution in [3.05, 3.63) is 58.6 Å². The molecule has 0 atom stereocenters. The smallest absolute Gasteiger partial charge is 0.417 e. The van der Waals surface area contributed by atoms with Crippen molar-refractivity contribution in [3.63, 3.8) is 0 Å². The van der Waals surface area contributed by atoms with E-state index < -0.39 is 5.76 Å². The SMILES string of the molecule is COc1ccc(CCCCC(=O)Nc2ccc3[nH]c(=O)oc3c2)cc1. The van der Waals surface area contributed by atoms with Gasteiger partial charge in [-0.25, -0.2) is 4.79 Å². The number of aromatic amines is 1. The van der Waals surface area contributed by atoms with Gasteiger partial charge in [-0.15, -0.1) is 0 Å². The number of methoxy groups -OCH3 is 1. The molecule has 0 aliphatic rings. The molecule has 2 aromatic carbocycles. The normalized spacial score (nSPS) is 10.8. The molecule has 130 valence electrons. The topological polar surface area (TPSA) is 84.3 Å². The Balaban J connectivity index is 1.44. The predicted molar refractivity (Wildman–Crippen MR) is 96.0 cm³/mol. The first-order chi connectivity index (χ1) is 12.1. The van der Waals surface area contributed by atoms with E-state index in [1.807, 2.05) is 24.3 Å². The van der Waals surface area contributed by atoms with Crippen molar-refractivity contribution in [1.82, 2.24) is 4.98 Å². The van der Waals surface area contributed by atoms with Gasteiger partial charge < -0.3 is 14.5 Å². The highest BCUT2D eigenvalue weighted by atomic mass is 16.5. The molecule has 0 radical (unpaired) electrons. The van der Waals surface area contributed by atoms with Crippen LogP contribution in [0.15, 0.2) is 51.7 Å². The van der Waals surface area contributed by atoms with Crippen molar-refractivity contribution in [2.45, 2.75) is 25.7 Å². The Kier molecular flexibility index (Phi) is 5.18. The zero-order chi connectivity index (χ0) is 17.6. The molecule has 0 saturated carbocycles. The van der Waals surface area contributed by atoms with Gasteiger partial charge in [0.05, 0.1) is 12.6 Å². The Bertz CT molecular complexity index is 909. The highest BCUT2D eigenvalue weighted by Crippen LogP contribution is 2.17. The lowest BCUT2D eigenvalue weighted by molar-refractivity contribution is -0.116. The summed E-state index contributed by atoms with van der Waals surface area (Å²) in [6, 6.07) is 13.1. The molecular formula is C19H20N2O4. The third kappa shape index (κ3) is 4.50. The van der Waals surface area contributed by atoms with E-state index in [9.17, 15) is 9.59 Å². The second kappa shape index (κ2) is 7.70. The molecule has 0 spiro atoms. The Labute approximate surface area is 144 Å². The summed E-state index contributed by atoms with van der Waals surface area (Å²) in [4.78, 5) is 25.7. The Morgan fingerprint density at radius 1 is 1.16 bits per heavy atom. The molecule has 0 aliphatic heterocycles. The van der Waals surface area contributed by atoms with Crippen molar-refractivity contribution in [3.8, 4) is 5.75 Å². The molecule has 6 nitrogen and oxygen atoms in total. The number of amides is 1. The molecule has 3 aromatic rings. The number of ether oxygens (including phenoxy) is 1.